The Morgan fingerprint density at radius 1 is 1.53 bits per heavy atom. The highest BCUT2D eigenvalue weighted by molar-refractivity contribution is 8.13. The third kappa shape index (κ3) is 4.24. The Balaban J connectivity index is 1.69. The molecule has 0 aliphatic carbocycles. The van der Waals surface area contributed by atoms with Gasteiger partial charge in [0, 0.05) is 43.7 Å². The Kier molecular flexibility index (Phi) is 4.79. The molecular weight excluding hydrogens is 262 g/mol. The number of nitrogens with one attached hydrogen (secondary N) is 1. The second-order valence-corrected chi connectivity index (χ2v) is 5.48. The van der Waals surface area contributed by atoms with Crippen LogP contribution in [0, 0.1) is 6.92 Å². The zero-order valence-corrected chi connectivity index (χ0v) is 11.7. The molecule has 1 aliphatic heterocycles. The van der Waals surface area contributed by atoms with Crippen LogP contribution in [0.15, 0.2) is 18.3 Å². The number of hydrogen-bond acceptors (Lipinski definition) is 4. The number of thioether (sulfide) groups is 1. The highest BCUT2D eigenvalue weighted by Crippen LogP contribution is 2.16. The van der Waals surface area contributed by atoms with Crippen LogP contribution in [0.25, 0.3) is 0 Å². The van der Waals surface area contributed by atoms with Crippen molar-refractivity contribution in [1.29, 1.82) is 0 Å². The predicted octanol–water partition coefficient (Wildman–Crippen LogP) is 1.57. The number of carbonyl (C=O) groups is 2. The van der Waals surface area contributed by atoms with Crippen LogP contribution in [0.2, 0.25) is 0 Å². The molecule has 19 heavy (non-hydrogen) atoms. The Bertz CT molecular complexity index is 461. The fraction of sp³-hybridized carbons (Fsp3) is 0.462. The summed E-state index contributed by atoms with van der Waals surface area (Å²) in [7, 11) is 0. The van der Waals surface area contributed by atoms with Gasteiger partial charge in [-0.05, 0) is 18.6 Å². The molecule has 6 heteroatoms. The van der Waals surface area contributed by atoms with E-state index < -0.39 is 0 Å². The largest absolute Gasteiger partial charge is 0.352 e. The van der Waals surface area contributed by atoms with Gasteiger partial charge in [-0.3, -0.25) is 14.6 Å². The quantitative estimate of drug-likeness (QED) is 0.888. The fourth-order valence-electron chi connectivity index (χ4n) is 1.76. The van der Waals surface area contributed by atoms with Crippen molar-refractivity contribution in [3.8, 4) is 0 Å². The normalized spacial score (nSPS) is 14.8. The molecular formula is C13H17N3O2S. The molecule has 0 atom stereocenters. The lowest BCUT2D eigenvalue weighted by molar-refractivity contribution is -0.121. The van der Waals surface area contributed by atoms with E-state index in [1.165, 1.54) is 11.8 Å². The zero-order chi connectivity index (χ0) is 13.7. The van der Waals surface area contributed by atoms with E-state index in [2.05, 4.69) is 10.3 Å². The lowest BCUT2D eigenvalue weighted by Gasteiger charge is -2.13. The Labute approximate surface area is 116 Å². The van der Waals surface area contributed by atoms with Gasteiger partial charge in [0.25, 0.3) is 5.24 Å². The topological polar surface area (TPSA) is 62.3 Å². The molecule has 1 aromatic rings. The number of rotatable bonds is 5. The van der Waals surface area contributed by atoms with Gasteiger partial charge in [-0.15, -0.1) is 0 Å². The molecule has 0 unspecified atom stereocenters. The van der Waals surface area contributed by atoms with E-state index in [-0.39, 0.29) is 11.1 Å². The minimum atomic E-state index is -0.0368. The van der Waals surface area contributed by atoms with Crippen LogP contribution in [0.3, 0.4) is 0 Å². The Morgan fingerprint density at radius 2 is 2.37 bits per heavy atom. The summed E-state index contributed by atoms with van der Waals surface area (Å²) in [5.74, 6) is 0.792. The average Bonchev–Trinajstić information content (AvgIpc) is 2.81. The summed E-state index contributed by atoms with van der Waals surface area (Å²) < 4.78 is 0. The van der Waals surface area contributed by atoms with Crippen LogP contribution in [0.5, 0.6) is 0 Å². The van der Waals surface area contributed by atoms with Crippen LogP contribution in [0.4, 0.5) is 4.79 Å². The second kappa shape index (κ2) is 6.56. The number of carbonyl (C=O) groups excluding carboxylic acids is 2. The fourth-order valence-corrected chi connectivity index (χ4v) is 2.61. The maximum atomic E-state index is 11.7. The molecule has 0 bridgehead atoms. The second-order valence-electron chi connectivity index (χ2n) is 4.44. The maximum absolute atomic E-state index is 11.7. The smallest absolute Gasteiger partial charge is 0.281 e. The third-order valence-corrected chi connectivity index (χ3v) is 3.81. The molecule has 0 radical (unpaired) electrons. The number of aryl methyl sites for hydroxylation is 1. The summed E-state index contributed by atoms with van der Waals surface area (Å²) in [6.07, 6.45) is 2.11. The summed E-state index contributed by atoms with van der Waals surface area (Å²) in [6, 6.07) is 3.87. The van der Waals surface area contributed by atoms with Crippen molar-refractivity contribution in [3.05, 3.63) is 29.6 Å². The minimum Gasteiger partial charge on any atom is -0.352 e. The van der Waals surface area contributed by atoms with Crippen molar-refractivity contribution in [2.24, 2.45) is 0 Å². The highest BCUT2D eigenvalue weighted by atomic mass is 32.2. The number of amides is 2. The van der Waals surface area contributed by atoms with Crippen molar-refractivity contribution < 1.29 is 9.59 Å². The first-order valence-electron chi connectivity index (χ1n) is 6.25. The van der Waals surface area contributed by atoms with Crippen molar-refractivity contribution in [2.45, 2.75) is 19.9 Å². The van der Waals surface area contributed by atoms with Gasteiger partial charge < -0.3 is 10.2 Å². The summed E-state index contributed by atoms with van der Waals surface area (Å²) in [6.45, 7) is 3.66. The lowest BCUT2D eigenvalue weighted by atomic mass is 10.2. The molecule has 1 N–H and O–H groups in total. The van der Waals surface area contributed by atoms with Crippen molar-refractivity contribution in [3.63, 3.8) is 0 Å². The van der Waals surface area contributed by atoms with Gasteiger partial charge in [-0.2, -0.15) is 0 Å². The predicted molar refractivity (Wildman–Crippen MR) is 74.9 cm³/mol. The van der Waals surface area contributed by atoms with Gasteiger partial charge in [0.1, 0.15) is 0 Å². The molecule has 2 rings (SSSR count). The van der Waals surface area contributed by atoms with Crippen molar-refractivity contribution in [2.75, 3.05) is 18.8 Å². The molecule has 102 valence electrons. The first kappa shape index (κ1) is 13.9. The molecule has 1 fully saturated rings. The molecule has 5 nitrogen and oxygen atoms in total. The van der Waals surface area contributed by atoms with Gasteiger partial charge in [-0.1, -0.05) is 17.8 Å². The van der Waals surface area contributed by atoms with E-state index in [1.807, 2.05) is 19.1 Å². The number of aromatic nitrogens is 1. The van der Waals surface area contributed by atoms with Crippen molar-refractivity contribution >= 4 is 22.9 Å². The number of pyridine rings is 1. The summed E-state index contributed by atoms with van der Waals surface area (Å²) >= 11 is 1.32. The first-order chi connectivity index (χ1) is 9.15. The number of nitrogens with zero attached hydrogens (tertiary/aromatic N) is 2. The molecule has 0 saturated carbocycles. The molecule has 2 heterocycles. The van der Waals surface area contributed by atoms with E-state index in [1.54, 1.807) is 11.1 Å². The summed E-state index contributed by atoms with van der Waals surface area (Å²) in [4.78, 5) is 28.9. The minimum absolute atomic E-state index is 0.0368. The van der Waals surface area contributed by atoms with Crippen LogP contribution < -0.4 is 5.32 Å². The summed E-state index contributed by atoms with van der Waals surface area (Å²) in [5.41, 5.74) is 1.94. The van der Waals surface area contributed by atoms with Gasteiger partial charge in [0.15, 0.2) is 0 Å². The van der Waals surface area contributed by atoms with Gasteiger partial charge in [0.2, 0.25) is 5.91 Å². The van der Waals surface area contributed by atoms with E-state index in [9.17, 15) is 9.59 Å². The SMILES string of the molecule is Cc1ccc(CNC(=O)CCN2CCSC2=O)cn1. The average molecular weight is 279 g/mol. The van der Waals surface area contributed by atoms with Gasteiger partial charge in [-0.25, -0.2) is 0 Å². The monoisotopic (exact) mass is 279 g/mol. The Hall–Kier alpha value is -1.56. The van der Waals surface area contributed by atoms with Crippen molar-refractivity contribution in [1.82, 2.24) is 15.2 Å². The molecule has 1 aliphatic rings. The zero-order valence-electron chi connectivity index (χ0n) is 10.9. The van der Waals surface area contributed by atoms with Crippen LogP contribution in [-0.4, -0.2) is 39.9 Å². The molecule has 1 aromatic heterocycles. The Morgan fingerprint density at radius 3 is 3.00 bits per heavy atom. The third-order valence-electron chi connectivity index (χ3n) is 2.92. The van der Waals surface area contributed by atoms with Crippen LogP contribution in [-0.2, 0) is 11.3 Å². The maximum Gasteiger partial charge on any atom is 0.281 e. The number of hydrogen-bond donors (Lipinski definition) is 1. The molecule has 0 aromatic carbocycles. The van der Waals surface area contributed by atoms with Crippen LogP contribution >= 0.6 is 11.8 Å². The lowest BCUT2D eigenvalue weighted by Crippen LogP contribution is -2.30. The summed E-state index contributed by atoms with van der Waals surface area (Å²) in [5, 5.41) is 2.91. The van der Waals surface area contributed by atoms with Gasteiger partial charge >= 0.3 is 0 Å². The van der Waals surface area contributed by atoms with Crippen LogP contribution in [0.1, 0.15) is 17.7 Å². The van der Waals surface area contributed by atoms with E-state index in [4.69, 9.17) is 0 Å². The molecule has 0 spiro atoms. The molecule has 1 saturated heterocycles. The van der Waals surface area contributed by atoms with E-state index in [0.29, 0.717) is 19.5 Å². The van der Waals surface area contributed by atoms with E-state index in [0.717, 1.165) is 23.6 Å². The standard InChI is InChI=1S/C13H17N3O2S/c1-10-2-3-11(8-14-10)9-15-12(17)4-5-16-6-7-19-13(16)18/h2-3,8H,4-7,9H2,1H3,(H,15,17). The first-order valence-corrected chi connectivity index (χ1v) is 7.23. The van der Waals surface area contributed by atoms with E-state index >= 15 is 0 Å². The molecule has 2 amide bonds. The highest BCUT2D eigenvalue weighted by Gasteiger charge is 2.21. The van der Waals surface area contributed by atoms with Gasteiger partial charge in [0.05, 0.1) is 0 Å².